The summed E-state index contributed by atoms with van der Waals surface area (Å²) < 4.78 is 0. The number of guanidine groups is 1. The second-order valence-electron chi connectivity index (χ2n) is 6.07. The Labute approximate surface area is 130 Å². The first-order chi connectivity index (χ1) is 10.3. The van der Waals surface area contributed by atoms with Gasteiger partial charge >= 0.3 is 0 Å². The summed E-state index contributed by atoms with van der Waals surface area (Å²) in [5, 5.41) is 9.45. The average molecular weight is 302 g/mol. The number of nitrogens with zero attached hydrogens (tertiary/aromatic N) is 1. The van der Waals surface area contributed by atoms with Crippen molar-refractivity contribution < 1.29 is 9.59 Å². The lowest BCUT2D eigenvalue weighted by Gasteiger charge is -2.27. The number of carbonyl (C=O) groups is 2. The van der Waals surface area contributed by atoms with E-state index in [4.69, 9.17) is 11.1 Å². The van der Waals surface area contributed by atoms with Crippen LogP contribution in [0.25, 0.3) is 0 Å². The molecule has 0 aromatic heterocycles. The van der Waals surface area contributed by atoms with E-state index in [1.54, 1.807) is 11.0 Å². The van der Waals surface area contributed by atoms with Crippen molar-refractivity contribution in [2.24, 2.45) is 11.7 Å². The first-order valence-electron chi connectivity index (χ1n) is 7.35. The van der Waals surface area contributed by atoms with Gasteiger partial charge in [-0.05, 0) is 30.0 Å². The van der Waals surface area contributed by atoms with Crippen LogP contribution in [0.2, 0.25) is 0 Å². The molecule has 0 fully saturated rings. The lowest BCUT2D eigenvalue weighted by atomic mass is 9.96. The standard InChI is InChI=1S/C16H22N4O2/c1-9(2)8-20-12(7-13(21)19-16(17)18)14-10(3)5-4-6-11(14)15(20)22/h4-6,9,12H,7-8H2,1-3H3,(H4,17,18,19,21). The minimum absolute atomic E-state index is 0.0342. The molecule has 2 amide bonds. The molecule has 0 bridgehead atoms. The Morgan fingerprint density at radius 2 is 2.14 bits per heavy atom. The second-order valence-corrected chi connectivity index (χ2v) is 6.07. The van der Waals surface area contributed by atoms with Crippen molar-refractivity contribution in [1.82, 2.24) is 10.2 Å². The number of nitrogens with two attached hydrogens (primary N) is 1. The van der Waals surface area contributed by atoms with Crippen LogP contribution in [0, 0.1) is 18.3 Å². The maximum atomic E-state index is 12.6. The highest BCUT2D eigenvalue weighted by Crippen LogP contribution is 2.38. The lowest BCUT2D eigenvalue weighted by molar-refractivity contribution is -0.120. The van der Waals surface area contributed by atoms with E-state index in [2.05, 4.69) is 5.32 Å². The minimum atomic E-state index is -0.380. The van der Waals surface area contributed by atoms with Crippen molar-refractivity contribution in [1.29, 1.82) is 5.41 Å². The van der Waals surface area contributed by atoms with Crippen molar-refractivity contribution in [3.63, 3.8) is 0 Å². The van der Waals surface area contributed by atoms with E-state index in [9.17, 15) is 9.59 Å². The molecule has 1 heterocycles. The summed E-state index contributed by atoms with van der Waals surface area (Å²) in [5.41, 5.74) is 7.78. The summed E-state index contributed by atoms with van der Waals surface area (Å²) in [6.45, 7) is 6.61. The molecule has 4 N–H and O–H groups in total. The molecule has 0 aliphatic carbocycles. The van der Waals surface area contributed by atoms with E-state index in [1.165, 1.54) is 0 Å². The van der Waals surface area contributed by atoms with Crippen LogP contribution in [0.3, 0.4) is 0 Å². The van der Waals surface area contributed by atoms with Crippen molar-refractivity contribution >= 4 is 17.8 Å². The van der Waals surface area contributed by atoms with Gasteiger partial charge in [0.25, 0.3) is 5.91 Å². The molecule has 0 spiro atoms. The van der Waals surface area contributed by atoms with Gasteiger partial charge in [0.1, 0.15) is 0 Å². The van der Waals surface area contributed by atoms with Crippen molar-refractivity contribution in [2.45, 2.75) is 33.2 Å². The van der Waals surface area contributed by atoms with Crippen LogP contribution >= 0.6 is 0 Å². The van der Waals surface area contributed by atoms with Crippen LogP contribution in [0.1, 0.15) is 47.8 Å². The van der Waals surface area contributed by atoms with E-state index in [1.807, 2.05) is 32.9 Å². The van der Waals surface area contributed by atoms with Crippen molar-refractivity contribution in [3.05, 3.63) is 34.9 Å². The molecule has 1 aliphatic rings. The van der Waals surface area contributed by atoms with E-state index >= 15 is 0 Å². The summed E-state index contributed by atoms with van der Waals surface area (Å²) in [7, 11) is 0. The van der Waals surface area contributed by atoms with E-state index in [-0.39, 0.29) is 30.2 Å². The quantitative estimate of drug-likeness (QED) is 0.581. The minimum Gasteiger partial charge on any atom is -0.370 e. The van der Waals surface area contributed by atoms with Gasteiger partial charge < -0.3 is 10.6 Å². The third-order valence-electron chi connectivity index (χ3n) is 3.74. The predicted octanol–water partition coefficient (Wildman–Crippen LogP) is 1.55. The number of benzene rings is 1. The number of hydrogen-bond acceptors (Lipinski definition) is 3. The van der Waals surface area contributed by atoms with Crippen LogP contribution in [-0.2, 0) is 4.79 Å². The monoisotopic (exact) mass is 302 g/mol. The summed E-state index contributed by atoms with van der Waals surface area (Å²) in [6.07, 6.45) is 0.107. The van der Waals surface area contributed by atoms with Gasteiger partial charge in [-0.3, -0.25) is 20.3 Å². The number of hydrogen-bond donors (Lipinski definition) is 3. The van der Waals surface area contributed by atoms with Crippen LogP contribution in [-0.4, -0.2) is 29.2 Å². The van der Waals surface area contributed by atoms with E-state index < -0.39 is 0 Å². The van der Waals surface area contributed by atoms with Gasteiger partial charge in [-0.1, -0.05) is 26.0 Å². The zero-order valence-electron chi connectivity index (χ0n) is 13.1. The second kappa shape index (κ2) is 6.17. The number of carbonyl (C=O) groups excluding carboxylic acids is 2. The topological polar surface area (TPSA) is 99.3 Å². The molecular weight excluding hydrogens is 280 g/mol. The van der Waals surface area contributed by atoms with Crippen molar-refractivity contribution in [3.8, 4) is 0 Å². The third-order valence-corrected chi connectivity index (χ3v) is 3.74. The SMILES string of the molecule is Cc1cccc2c1C(CC(=O)NC(=N)N)N(CC(C)C)C2=O. The summed E-state index contributed by atoms with van der Waals surface area (Å²) in [6, 6.07) is 5.31. The first kappa shape index (κ1) is 16.0. The molecule has 1 atom stereocenters. The summed E-state index contributed by atoms with van der Waals surface area (Å²) in [5.74, 6) is -0.463. The maximum Gasteiger partial charge on any atom is 0.254 e. The maximum absolute atomic E-state index is 12.6. The Kier molecular flexibility index (Phi) is 4.49. The lowest BCUT2D eigenvalue weighted by Crippen LogP contribution is -2.39. The number of amides is 2. The Balaban J connectivity index is 2.36. The smallest absolute Gasteiger partial charge is 0.254 e. The van der Waals surface area contributed by atoms with E-state index in [0.29, 0.717) is 18.0 Å². The molecule has 1 aromatic carbocycles. The van der Waals surface area contributed by atoms with E-state index in [0.717, 1.165) is 11.1 Å². The number of rotatable bonds is 4. The highest BCUT2D eigenvalue weighted by molar-refractivity contribution is 6.01. The Bertz CT molecular complexity index is 625. The molecular formula is C16H22N4O2. The zero-order valence-corrected chi connectivity index (χ0v) is 13.1. The van der Waals surface area contributed by atoms with Crippen LogP contribution < -0.4 is 11.1 Å². The van der Waals surface area contributed by atoms with Gasteiger partial charge in [-0.15, -0.1) is 0 Å². The van der Waals surface area contributed by atoms with Gasteiger partial charge in [0.2, 0.25) is 5.91 Å². The van der Waals surface area contributed by atoms with Crippen LogP contribution in [0.5, 0.6) is 0 Å². The molecule has 118 valence electrons. The van der Waals surface area contributed by atoms with Gasteiger partial charge in [0.05, 0.1) is 12.5 Å². The number of nitrogens with one attached hydrogen (secondary N) is 2. The summed E-state index contributed by atoms with van der Waals surface area (Å²) in [4.78, 5) is 26.4. The Hall–Kier alpha value is -2.37. The fraction of sp³-hybridized carbons (Fsp3) is 0.438. The largest absolute Gasteiger partial charge is 0.370 e. The van der Waals surface area contributed by atoms with Crippen LogP contribution in [0.15, 0.2) is 18.2 Å². The fourth-order valence-corrected chi connectivity index (χ4v) is 2.95. The molecule has 22 heavy (non-hydrogen) atoms. The van der Waals surface area contributed by atoms with Gasteiger partial charge in [0.15, 0.2) is 5.96 Å². The number of aryl methyl sites for hydroxylation is 1. The molecule has 6 nitrogen and oxygen atoms in total. The zero-order chi connectivity index (χ0) is 16.4. The van der Waals surface area contributed by atoms with Gasteiger partial charge in [0, 0.05) is 12.1 Å². The average Bonchev–Trinajstić information content (AvgIpc) is 2.64. The van der Waals surface area contributed by atoms with Gasteiger partial charge in [-0.2, -0.15) is 0 Å². The molecule has 1 unspecified atom stereocenters. The molecule has 1 aromatic rings. The Morgan fingerprint density at radius 1 is 1.45 bits per heavy atom. The Morgan fingerprint density at radius 3 is 2.73 bits per heavy atom. The normalized spacial score (nSPS) is 16.8. The summed E-state index contributed by atoms with van der Waals surface area (Å²) >= 11 is 0. The molecule has 6 heteroatoms. The fourth-order valence-electron chi connectivity index (χ4n) is 2.95. The highest BCUT2D eigenvalue weighted by Gasteiger charge is 2.38. The van der Waals surface area contributed by atoms with Gasteiger partial charge in [-0.25, -0.2) is 0 Å². The van der Waals surface area contributed by atoms with Crippen LogP contribution in [0.4, 0.5) is 0 Å². The third kappa shape index (κ3) is 3.10. The first-order valence-corrected chi connectivity index (χ1v) is 7.35. The number of fused-ring (bicyclic) bond motifs is 1. The molecule has 0 saturated heterocycles. The molecule has 1 aliphatic heterocycles. The highest BCUT2D eigenvalue weighted by atomic mass is 16.2. The van der Waals surface area contributed by atoms with Crippen molar-refractivity contribution in [2.75, 3.05) is 6.54 Å². The molecule has 2 rings (SSSR count). The molecule has 0 saturated carbocycles. The molecule has 0 radical (unpaired) electrons. The predicted molar refractivity (Wildman–Crippen MR) is 84.5 cm³/mol.